The van der Waals surface area contributed by atoms with Crippen LogP contribution >= 0.6 is 0 Å². The van der Waals surface area contributed by atoms with Crippen molar-refractivity contribution in [3.8, 4) is 0 Å². The molecule has 102 valence electrons. The van der Waals surface area contributed by atoms with Crippen LogP contribution in [-0.4, -0.2) is 29.1 Å². The molecule has 0 aliphatic rings. The van der Waals surface area contributed by atoms with E-state index in [1.54, 1.807) is 12.1 Å². The summed E-state index contributed by atoms with van der Waals surface area (Å²) < 4.78 is 0. The Morgan fingerprint density at radius 1 is 1.47 bits per heavy atom. The first-order valence-electron chi connectivity index (χ1n) is 6.19. The smallest absolute Gasteiger partial charge is 0.267 e. The van der Waals surface area contributed by atoms with Crippen molar-refractivity contribution >= 4 is 22.5 Å². The maximum Gasteiger partial charge on any atom is 0.267 e. The van der Waals surface area contributed by atoms with E-state index in [-0.39, 0.29) is 17.9 Å². The number of hydrogen-bond acceptors (Lipinski definition) is 3. The number of aliphatic hydroxyl groups excluding tert-OH is 1. The first kappa shape index (κ1) is 13.4. The van der Waals surface area contributed by atoms with Gasteiger partial charge in [-0.15, -0.1) is 0 Å². The highest BCUT2D eigenvalue weighted by Crippen LogP contribution is 2.21. The van der Waals surface area contributed by atoms with Gasteiger partial charge in [-0.05, 0) is 12.1 Å². The number of aromatic nitrogens is 1. The van der Waals surface area contributed by atoms with Gasteiger partial charge in [-0.25, -0.2) is 0 Å². The van der Waals surface area contributed by atoms with E-state index in [0.29, 0.717) is 17.9 Å². The summed E-state index contributed by atoms with van der Waals surface area (Å²) in [5, 5.41) is 12.9. The highest BCUT2D eigenvalue weighted by Gasteiger charge is 2.18. The summed E-state index contributed by atoms with van der Waals surface area (Å²) in [7, 11) is 0. The number of fused-ring (bicyclic) bond motifs is 1. The van der Waals surface area contributed by atoms with Gasteiger partial charge >= 0.3 is 0 Å². The van der Waals surface area contributed by atoms with Gasteiger partial charge in [-0.2, -0.15) is 0 Å². The molecule has 2 aromatic rings. The Labute approximate surface area is 111 Å². The molecule has 1 aromatic carbocycles. The van der Waals surface area contributed by atoms with Crippen LogP contribution in [0, 0.1) is 5.41 Å². The zero-order valence-electron chi connectivity index (χ0n) is 11.2. The van der Waals surface area contributed by atoms with Crippen LogP contribution in [0.3, 0.4) is 0 Å². The Bertz CT molecular complexity index is 602. The van der Waals surface area contributed by atoms with Crippen molar-refractivity contribution in [1.29, 1.82) is 0 Å². The number of anilines is 1. The van der Waals surface area contributed by atoms with Gasteiger partial charge in [0, 0.05) is 24.0 Å². The van der Waals surface area contributed by atoms with Crippen LogP contribution in [0.5, 0.6) is 0 Å². The van der Waals surface area contributed by atoms with E-state index < -0.39 is 0 Å². The number of H-pyrrole nitrogens is 1. The molecule has 19 heavy (non-hydrogen) atoms. The molecule has 0 fully saturated rings. The summed E-state index contributed by atoms with van der Waals surface area (Å²) in [6.45, 7) is 4.20. The summed E-state index contributed by atoms with van der Waals surface area (Å²) in [5.41, 5.74) is 7.37. The van der Waals surface area contributed by atoms with Crippen molar-refractivity contribution in [3.05, 3.63) is 30.0 Å². The van der Waals surface area contributed by atoms with E-state index in [1.807, 2.05) is 26.0 Å². The molecule has 0 radical (unpaired) electrons. The largest absolute Gasteiger partial charge is 0.397 e. The van der Waals surface area contributed by atoms with Crippen LogP contribution in [0.25, 0.3) is 10.9 Å². The number of benzene rings is 1. The van der Waals surface area contributed by atoms with Crippen molar-refractivity contribution in [3.63, 3.8) is 0 Å². The van der Waals surface area contributed by atoms with Crippen LogP contribution in [-0.2, 0) is 0 Å². The van der Waals surface area contributed by atoms with Crippen LogP contribution < -0.4 is 11.1 Å². The molecule has 5 N–H and O–H groups in total. The third kappa shape index (κ3) is 2.88. The first-order chi connectivity index (χ1) is 8.93. The van der Waals surface area contributed by atoms with Crippen molar-refractivity contribution in [1.82, 2.24) is 10.3 Å². The lowest BCUT2D eigenvalue weighted by molar-refractivity contribution is 0.0907. The molecule has 0 aliphatic carbocycles. The SMILES string of the molecule is CC(C)(CO)CNC(=O)c1cc2cccc(N)c2[nH]1. The lowest BCUT2D eigenvalue weighted by atomic mass is 9.95. The molecule has 0 saturated heterocycles. The fourth-order valence-electron chi connectivity index (χ4n) is 1.77. The van der Waals surface area contributed by atoms with Crippen LogP contribution in [0.2, 0.25) is 0 Å². The zero-order valence-corrected chi connectivity index (χ0v) is 11.2. The molecular weight excluding hydrogens is 242 g/mol. The molecule has 0 bridgehead atoms. The number of nitrogen functional groups attached to an aromatic ring is 1. The van der Waals surface area contributed by atoms with E-state index >= 15 is 0 Å². The van der Waals surface area contributed by atoms with Crippen molar-refractivity contribution in [2.75, 3.05) is 18.9 Å². The van der Waals surface area contributed by atoms with E-state index in [4.69, 9.17) is 10.8 Å². The minimum Gasteiger partial charge on any atom is -0.397 e. The number of nitrogens with one attached hydrogen (secondary N) is 2. The Balaban J connectivity index is 2.16. The fraction of sp³-hybridized carbons (Fsp3) is 0.357. The minimum absolute atomic E-state index is 0.0208. The third-order valence-corrected chi connectivity index (χ3v) is 3.09. The topological polar surface area (TPSA) is 91.1 Å². The molecule has 1 amide bonds. The number of aromatic amines is 1. The summed E-state index contributed by atoms with van der Waals surface area (Å²) in [4.78, 5) is 15.0. The third-order valence-electron chi connectivity index (χ3n) is 3.09. The molecule has 0 atom stereocenters. The predicted molar refractivity (Wildman–Crippen MR) is 75.9 cm³/mol. The number of carbonyl (C=O) groups excluding carboxylic acids is 1. The summed E-state index contributed by atoms with van der Waals surface area (Å²) in [6.07, 6.45) is 0. The lowest BCUT2D eigenvalue weighted by Crippen LogP contribution is -2.36. The minimum atomic E-state index is -0.333. The molecule has 0 spiro atoms. The average Bonchev–Trinajstić information content (AvgIpc) is 2.81. The van der Waals surface area contributed by atoms with E-state index in [9.17, 15) is 4.79 Å². The van der Waals surface area contributed by atoms with Gasteiger partial charge in [0.05, 0.1) is 11.2 Å². The summed E-state index contributed by atoms with van der Waals surface area (Å²) in [5.74, 6) is -0.197. The van der Waals surface area contributed by atoms with Crippen molar-refractivity contribution in [2.45, 2.75) is 13.8 Å². The summed E-state index contributed by atoms with van der Waals surface area (Å²) >= 11 is 0. The molecule has 0 unspecified atom stereocenters. The Morgan fingerprint density at radius 3 is 2.84 bits per heavy atom. The van der Waals surface area contributed by atoms with Gasteiger partial charge in [0.2, 0.25) is 0 Å². The van der Waals surface area contributed by atoms with Gasteiger partial charge in [0.25, 0.3) is 5.91 Å². The highest BCUT2D eigenvalue weighted by molar-refractivity contribution is 6.00. The molecular formula is C14H19N3O2. The van der Waals surface area contributed by atoms with Crippen LogP contribution in [0.1, 0.15) is 24.3 Å². The Morgan fingerprint density at radius 2 is 2.21 bits per heavy atom. The quantitative estimate of drug-likeness (QED) is 0.628. The normalized spacial score (nSPS) is 11.7. The number of carbonyl (C=O) groups is 1. The number of para-hydroxylation sites is 1. The Kier molecular flexibility index (Phi) is 3.48. The van der Waals surface area contributed by atoms with Gasteiger partial charge in [0.1, 0.15) is 5.69 Å². The Hall–Kier alpha value is -2.01. The second kappa shape index (κ2) is 4.93. The van der Waals surface area contributed by atoms with Gasteiger partial charge in [-0.3, -0.25) is 4.79 Å². The number of amides is 1. The van der Waals surface area contributed by atoms with Gasteiger partial charge < -0.3 is 21.1 Å². The van der Waals surface area contributed by atoms with Crippen molar-refractivity contribution in [2.24, 2.45) is 5.41 Å². The number of hydrogen-bond donors (Lipinski definition) is 4. The molecule has 0 saturated carbocycles. The zero-order chi connectivity index (χ0) is 14.0. The molecule has 2 rings (SSSR count). The maximum atomic E-state index is 12.0. The second-order valence-electron chi connectivity index (χ2n) is 5.50. The molecule has 0 aliphatic heterocycles. The standard InChI is InChI=1S/C14H19N3O2/c1-14(2,8-18)7-16-13(19)11-6-9-4-3-5-10(15)12(9)17-11/h3-6,17-18H,7-8,15H2,1-2H3,(H,16,19). The maximum absolute atomic E-state index is 12.0. The second-order valence-corrected chi connectivity index (χ2v) is 5.50. The highest BCUT2D eigenvalue weighted by atomic mass is 16.3. The lowest BCUT2D eigenvalue weighted by Gasteiger charge is -2.21. The molecule has 1 heterocycles. The van der Waals surface area contributed by atoms with Crippen LogP contribution in [0.15, 0.2) is 24.3 Å². The van der Waals surface area contributed by atoms with Crippen LogP contribution in [0.4, 0.5) is 5.69 Å². The molecule has 5 nitrogen and oxygen atoms in total. The number of nitrogens with two attached hydrogens (primary N) is 1. The first-order valence-corrected chi connectivity index (χ1v) is 6.19. The predicted octanol–water partition coefficient (Wildman–Crippen LogP) is 1.50. The monoisotopic (exact) mass is 261 g/mol. The van der Waals surface area contributed by atoms with E-state index in [0.717, 1.165) is 10.9 Å². The van der Waals surface area contributed by atoms with Gasteiger partial charge in [0.15, 0.2) is 0 Å². The fourth-order valence-corrected chi connectivity index (χ4v) is 1.77. The molecule has 5 heteroatoms. The van der Waals surface area contributed by atoms with Gasteiger partial charge in [-0.1, -0.05) is 26.0 Å². The summed E-state index contributed by atoms with van der Waals surface area (Å²) in [6, 6.07) is 7.31. The van der Waals surface area contributed by atoms with E-state index in [1.165, 1.54) is 0 Å². The average molecular weight is 261 g/mol. The van der Waals surface area contributed by atoms with E-state index in [2.05, 4.69) is 10.3 Å². The van der Waals surface area contributed by atoms with Crippen molar-refractivity contribution < 1.29 is 9.90 Å². The number of aliphatic hydroxyl groups is 1. The number of rotatable bonds is 4. The molecule has 1 aromatic heterocycles.